The Kier molecular flexibility index (Phi) is 6.60. The number of nitrogens with zero attached hydrogens (tertiary/aromatic N) is 2. The smallest absolute Gasteiger partial charge is 0.315 e. The van der Waals surface area contributed by atoms with E-state index in [9.17, 15) is 9.18 Å². The van der Waals surface area contributed by atoms with Gasteiger partial charge in [0.2, 0.25) is 0 Å². The number of urea groups is 1. The summed E-state index contributed by atoms with van der Waals surface area (Å²) in [5.74, 6) is -0.243. The summed E-state index contributed by atoms with van der Waals surface area (Å²) >= 11 is 1.62. The van der Waals surface area contributed by atoms with Gasteiger partial charge in [0.05, 0.1) is 12.6 Å². The molecule has 3 rings (SSSR count). The van der Waals surface area contributed by atoms with Crippen molar-refractivity contribution in [3.63, 3.8) is 0 Å². The number of halogens is 1. The van der Waals surface area contributed by atoms with Gasteiger partial charge in [0.1, 0.15) is 5.82 Å². The van der Waals surface area contributed by atoms with E-state index in [1.807, 2.05) is 29.6 Å². The van der Waals surface area contributed by atoms with Crippen LogP contribution in [0.1, 0.15) is 16.5 Å². The lowest BCUT2D eigenvalue weighted by Gasteiger charge is -2.38. The lowest BCUT2D eigenvalue weighted by Crippen LogP contribution is -2.49. The molecule has 1 saturated heterocycles. The number of likely N-dealkylation sites (N-methyl/N-ethyl adjacent to an activating group) is 1. The molecule has 0 unspecified atom stereocenters. The van der Waals surface area contributed by atoms with Gasteiger partial charge in [-0.2, -0.15) is 0 Å². The molecule has 0 radical (unpaired) electrons. The molecule has 2 aromatic rings. The van der Waals surface area contributed by atoms with E-state index in [1.165, 1.54) is 12.1 Å². The van der Waals surface area contributed by atoms with Crippen LogP contribution in [0.4, 0.5) is 9.18 Å². The molecule has 1 fully saturated rings. The van der Waals surface area contributed by atoms with Crippen molar-refractivity contribution in [1.82, 2.24) is 20.4 Å². The molecule has 5 nitrogen and oxygen atoms in total. The molecule has 2 heterocycles. The van der Waals surface area contributed by atoms with Crippen molar-refractivity contribution >= 4 is 17.4 Å². The molecule has 1 atom stereocenters. The molecule has 1 aliphatic rings. The van der Waals surface area contributed by atoms with Gasteiger partial charge >= 0.3 is 6.03 Å². The van der Waals surface area contributed by atoms with E-state index in [0.29, 0.717) is 13.1 Å². The van der Waals surface area contributed by atoms with Crippen molar-refractivity contribution in [2.45, 2.75) is 12.6 Å². The number of benzene rings is 1. The highest BCUT2D eigenvalue weighted by atomic mass is 32.1. The number of hydrogen-bond donors (Lipinski definition) is 2. The number of rotatable bonds is 6. The first kappa shape index (κ1) is 18.8. The van der Waals surface area contributed by atoms with E-state index in [-0.39, 0.29) is 17.9 Å². The Morgan fingerprint density at radius 2 is 1.88 bits per heavy atom. The first-order chi connectivity index (χ1) is 12.6. The molecule has 2 amide bonds. The second kappa shape index (κ2) is 9.12. The fourth-order valence-electron chi connectivity index (χ4n) is 3.11. The minimum absolute atomic E-state index is 0.0387. The summed E-state index contributed by atoms with van der Waals surface area (Å²) in [6, 6.07) is 10.4. The molecule has 1 aromatic heterocycles. The summed E-state index contributed by atoms with van der Waals surface area (Å²) in [6.07, 6.45) is 0. The van der Waals surface area contributed by atoms with Crippen molar-refractivity contribution in [2.75, 3.05) is 39.8 Å². The number of amides is 2. The summed E-state index contributed by atoms with van der Waals surface area (Å²) in [7, 11) is 2.11. The monoisotopic (exact) mass is 376 g/mol. The number of thiophene rings is 1. The third-order valence-electron chi connectivity index (χ3n) is 4.69. The third-order valence-corrected chi connectivity index (χ3v) is 5.57. The minimum atomic E-state index is -0.243. The zero-order valence-corrected chi connectivity index (χ0v) is 15.8. The lowest BCUT2D eigenvalue weighted by atomic mass is 10.0. The van der Waals surface area contributed by atoms with Crippen LogP contribution in [0.3, 0.4) is 0 Å². The quantitative estimate of drug-likeness (QED) is 0.815. The SMILES string of the molecule is CN1CCN([C@@H](CNC(=O)NCc2cccs2)c2ccc(F)cc2)CC1. The van der Waals surface area contributed by atoms with Gasteiger partial charge in [-0.3, -0.25) is 4.90 Å². The highest BCUT2D eigenvalue weighted by Gasteiger charge is 2.24. The highest BCUT2D eigenvalue weighted by molar-refractivity contribution is 7.09. The number of hydrogen-bond acceptors (Lipinski definition) is 4. The maximum atomic E-state index is 13.3. The molecule has 2 N–H and O–H groups in total. The summed E-state index contributed by atoms with van der Waals surface area (Å²) in [5, 5.41) is 7.85. The predicted molar refractivity (Wildman–Crippen MR) is 103 cm³/mol. The maximum absolute atomic E-state index is 13.3. The number of piperazine rings is 1. The zero-order chi connectivity index (χ0) is 18.4. The molecule has 0 aliphatic carbocycles. The Hall–Kier alpha value is -1.96. The molecule has 140 valence electrons. The second-order valence-corrected chi connectivity index (χ2v) is 7.58. The number of nitrogens with one attached hydrogen (secondary N) is 2. The third kappa shape index (κ3) is 5.27. The van der Waals surface area contributed by atoms with Crippen molar-refractivity contribution in [3.05, 3.63) is 58.0 Å². The van der Waals surface area contributed by atoms with E-state index < -0.39 is 0 Å². The largest absolute Gasteiger partial charge is 0.336 e. The maximum Gasteiger partial charge on any atom is 0.315 e. The first-order valence-corrected chi connectivity index (χ1v) is 9.72. The average molecular weight is 377 g/mol. The van der Waals surface area contributed by atoms with Crippen LogP contribution in [0.5, 0.6) is 0 Å². The van der Waals surface area contributed by atoms with Crippen molar-refractivity contribution in [3.8, 4) is 0 Å². The van der Waals surface area contributed by atoms with E-state index in [0.717, 1.165) is 36.6 Å². The van der Waals surface area contributed by atoms with Gasteiger partial charge < -0.3 is 15.5 Å². The van der Waals surface area contributed by atoms with Crippen LogP contribution in [0.15, 0.2) is 41.8 Å². The second-order valence-electron chi connectivity index (χ2n) is 6.55. The number of carbonyl (C=O) groups excluding carboxylic acids is 1. The van der Waals surface area contributed by atoms with Crippen LogP contribution in [0, 0.1) is 5.82 Å². The Labute approximate surface area is 157 Å². The van der Waals surface area contributed by atoms with Crippen LogP contribution in [0.2, 0.25) is 0 Å². The van der Waals surface area contributed by atoms with Crippen LogP contribution in [-0.2, 0) is 6.54 Å². The molecule has 0 bridgehead atoms. The normalized spacial score (nSPS) is 17.0. The van der Waals surface area contributed by atoms with Gasteiger partial charge in [0.25, 0.3) is 0 Å². The van der Waals surface area contributed by atoms with Gasteiger partial charge in [-0.05, 0) is 36.2 Å². The summed E-state index contributed by atoms with van der Waals surface area (Å²) in [5.41, 5.74) is 1.02. The van der Waals surface area contributed by atoms with Crippen LogP contribution in [-0.4, -0.2) is 55.6 Å². The molecular weight excluding hydrogens is 351 g/mol. The van der Waals surface area contributed by atoms with Crippen LogP contribution >= 0.6 is 11.3 Å². The Balaban J connectivity index is 1.59. The van der Waals surface area contributed by atoms with E-state index in [1.54, 1.807) is 11.3 Å². The van der Waals surface area contributed by atoms with Crippen LogP contribution < -0.4 is 10.6 Å². The fraction of sp³-hybridized carbons (Fsp3) is 0.421. The summed E-state index contributed by atoms with van der Waals surface area (Å²) < 4.78 is 13.3. The lowest BCUT2D eigenvalue weighted by molar-refractivity contribution is 0.111. The molecule has 26 heavy (non-hydrogen) atoms. The van der Waals surface area contributed by atoms with Gasteiger partial charge in [-0.25, -0.2) is 9.18 Å². The molecule has 0 spiro atoms. The average Bonchev–Trinajstić information content (AvgIpc) is 3.16. The minimum Gasteiger partial charge on any atom is -0.336 e. The van der Waals surface area contributed by atoms with Crippen molar-refractivity contribution < 1.29 is 9.18 Å². The van der Waals surface area contributed by atoms with Crippen LogP contribution in [0.25, 0.3) is 0 Å². The topological polar surface area (TPSA) is 47.6 Å². The Bertz CT molecular complexity index is 684. The van der Waals surface area contributed by atoms with Crippen molar-refractivity contribution in [1.29, 1.82) is 0 Å². The predicted octanol–water partition coefficient (Wildman–Crippen LogP) is 2.68. The number of carbonyl (C=O) groups is 1. The first-order valence-electron chi connectivity index (χ1n) is 8.84. The molecule has 0 saturated carbocycles. The summed E-state index contributed by atoms with van der Waals surface area (Å²) in [4.78, 5) is 17.9. The van der Waals surface area contributed by atoms with Gasteiger partial charge in [0.15, 0.2) is 0 Å². The molecular formula is C19H25FN4OS. The summed E-state index contributed by atoms with van der Waals surface area (Å²) in [6.45, 7) is 4.85. The molecule has 1 aromatic carbocycles. The van der Waals surface area contributed by atoms with E-state index >= 15 is 0 Å². The molecule has 7 heteroatoms. The molecule has 1 aliphatic heterocycles. The van der Waals surface area contributed by atoms with Gasteiger partial charge in [0, 0.05) is 37.6 Å². The van der Waals surface area contributed by atoms with Crippen molar-refractivity contribution in [2.24, 2.45) is 0 Å². The van der Waals surface area contributed by atoms with E-state index in [4.69, 9.17) is 0 Å². The van der Waals surface area contributed by atoms with E-state index in [2.05, 4.69) is 27.5 Å². The van der Waals surface area contributed by atoms with Gasteiger partial charge in [-0.1, -0.05) is 18.2 Å². The zero-order valence-electron chi connectivity index (χ0n) is 15.0. The Morgan fingerprint density at radius 1 is 1.15 bits per heavy atom. The fourth-order valence-corrected chi connectivity index (χ4v) is 3.75. The Morgan fingerprint density at radius 3 is 2.54 bits per heavy atom. The highest BCUT2D eigenvalue weighted by Crippen LogP contribution is 2.22. The van der Waals surface area contributed by atoms with Gasteiger partial charge in [-0.15, -0.1) is 11.3 Å². The standard InChI is InChI=1S/C19H25FN4OS/c1-23-8-10-24(11-9-23)18(15-4-6-16(20)7-5-15)14-22-19(25)21-13-17-3-2-12-26-17/h2-7,12,18H,8-11,13-14H2,1H3,(H2,21,22,25)/t18-/m0/s1.